The molecule has 1 aliphatic heterocycles. The highest BCUT2D eigenvalue weighted by Gasteiger charge is 2.30. The number of aromatic nitrogens is 2. The molecular weight excluding hydrogens is 444 g/mol. The van der Waals surface area contributed by atoms with Gasteiger partial charge in [-0.3, -0.25) is 4.79 Å². The smallest absolute Gasteiger partial charge is 0.243 e. The molecule has 158 valence electrons. The van der Waals surface area contributed by atoms with Crippen LogP contribution in [0.25, 0.3) is 11.0 Å². The summed E-state index contributed by atoms with van der Waals surface area (Å²) >= 11 is 7.31. The lowest BCUT2D eigenvalue weighted by Gasteiger charge is -2.34. The maximum atomic E-state index is 12.8. The van der Waals surface area contributed by atoms with Crippen molar-refractivity contribution >= 4 is 50.3 Å². The van der Waals surface area contributed by atoms with Crippen molar-refractivity contribution in [2.45, 2.75) is 17.0 Å². The van der Waals surface area contributed by atoms with Crippen LogP contribution in [0.2, 0.25) is 5.02 Å². The third kappa shape index (κ3) is 4.49. The summed E-state index contributed by atoms with van der Waals surface area (Å²) in [7, 11) is -3.54. The minimum Gasteiger partial charge on any atom is -0.339 e. The summed E-state index contributed by atoms with van der Waals surface area (Å²) in [5.41, 5.74) is 2.63. The molecule has 2 heterocycles. The molecule has 1 fully saturated rings. The van der Waals surface area contributed by atoms with Gasteiger partial charge in [-0.15, -0.1) is 0 Å². The number of imidazole rings is 1. The molecular formula is C20H21ClN4O3S2. The van der Waals surface area contributed by atoms with Gasteiger partial charge in [0, 0.05) is 31.2 Å². The summed E-state index contributed by atoms with van der Waals surface area (Å²) in [6.45, 7) is 3.24. The number of carbonyl (C=O) groups is 1. The maximum absolute atomic E-state index is 12.8. The molecule has 1 aliphatic rings. The largest absolute Gasteiger partial charge is 0.339 e. The molecule has 0 atom stereocenters. The van der Waals surface area contributed by atoms with Gasteiger partial charge in [0.15, 0.2) is 5.16 Å². The van der Waals surface area contributed by atoms with Crippen LogP contribution in [0.4, 0.5) is 0 Å². The number of nitrogens with one attached hydrogen (secondary N) is 1. The van der Waals surface area contributed by atoms with Crippen molar-refractivity contribution in [2.75, 3.05) is 31.9 Å². The summed E-state index contributed by atoms with van der Waals surface area (Å²) in [5.74, 6) is 0.198. The number of piperazine rings is 1. The Kier molecular flexibility index (Phi) is 6.06. The third-order valence-corrected chi connectivity index (χ3v) is 8.01. The predicted octanol–water partition coefficient (Wildman–Crippen LogP) is 3.15. The Labute approximate surface area is 184 Å². The van der Waals surface area contributed by atoms with Crippen LogP contribution in [-0.4, -0.2) is 65.4 Å². The summed E-state index contributed by atoms with van der Waals surface area (Å²) in [6, 6.07) is 12.2. The molecule has 1 amide bonds. The molecule has 3 aromatic rings. The lowest BCUT2D eigenvalue weighted by molar-refractivity contribution is -0.129. The molecule has 4 rings (SSSR count). The Bertz CT molecular complexity index is 1170. The van der Waals surface area contributed by atoms with Gasteiger partial charge >= 0.3 is 0 Å². The molecule has 10 heteroatoms. The molecule has 0 bridgehead atoms. The van der Waals surface area contributed by atoms with Gasteiger partial charge in [0.1, 0.15) is 0 Å². The second-order valence-electron chi connectivity index (χ2n) is 7.09. The van der Waals surface area contributed by atoms with E-state index < -0.39 is 10.0 Å². The quantitative estimate of drug-likeness (QED) is 0.586. The van der Waals surface area contributed by atoms with Gasteiger partial charge in [-0.05, 0) is 37.3 Å². The van der Waals surface area contributed by atoms with Gasteiger partial charge in [-0.25, -0.2) is 13.4 Å². The van der Waals surface area contributed by atoms with Gasteiger partial charge in [-0.1, -0.05) is 41.1 Å². The third-order valence-electron chi connectivity index (χ3n) is 5.00. The highest BCUT2D eigenvalue weighted by atomic mass is 35.5. The first-order chi connectivity index (χ1) is 14.3. The van der Waals surface area contributed by atoms with Gasteiger partial charge < -0.3 is 9.88 Å². The number of sulfonamides is 1. The van der Waals surface area contributed by atoms with Crippen molar-refractivity contribution < 1.29 is 13.2 Å². The summed E-state index contributed by atoms with van der Waals surface area (Å²) < 4.78 is 27.0. The van der Waals surface area contributed by atoms with Crippen LogP contribution in [0, 0.1) is 6.92 Å². The molecule has 0 spiro atoms. The molecule has 0 saturated carbocycles. The first-order valence-corrected chi connectivity index (χ1v) is 12.3. The zero-order chi connectivity index (χ0) is 21.3. The predicted molar refractivity (Wildman–Crippen MR) is 118 cm³/mol. The number of aromatic amines is 1. The standard InChI is InChI=1S/C20H21ClN4O3S2/c1-14-2-5-16(6-3-14)30(27,28)25-10-8-24(9-11-25)19(26)13-29-20-22-17-7-4-15(21)12-18(17)23-20/h2-7,12H,8-11,13H2,1H3,(H,22,23). The normalized spacial score (nSPS) is 15.6. The van der Waals surface area contributed by atoms with E-state index >= 15 is 0 Å². The number of amides is 1. The van der Waals surface area contributed by atoms with Crippen molar-refractivity contribution in [3.05, 3.63) is 53.1 Å². The van der Waals surface area contributed by atoms with Crippen molar-refractivity contribution in [1.29, 1.82) is 0 Å². The molecule has 7 nitrogen and oxygen atoms in total. The zero-order valence-electron chi connectivity index (χ0n) is 16.3. The molecule has 2 aromatic carbocycles. The van der Waals surface area contributed by atoms with E-state index in [0.29, 0.717) is 23.3 Å². The van der Waals surface area contributed by atoms with E-state index in [9.17, 15) is 13.2 Å². The lowest BCUT2D eigenvalue weighted by Crippen LogP contribution is -2.50. The SMILES string of the molecule is Cc1ccc(S(=O)(=O)N2CCN(C(=O)CSc3nc4ccc(Cl)cc4[nH]3)CC2)cc1. The number of hydrogen-bond acceptors (Lipinski definition) is 5. The van der Waals surface area contributed by atoms with Gasteiger partial charge in [0.25, 0.3) is 0 Å². The molecule has 1 N–H and O–H groups in total. The van der Waals surface area contributed by atoms with Crippen LogP contribution in [-0.2, 0) is 14.8 Å². The van der Waals surface area contributed by atoms with Crippen molar-refractivity contribution in [3.8, 4) is 0 Å². The fourth-order valence-electron chi connectivity index (χ4n) is 3.29. The second kappa shape index (κ2) is 8.58. The molecule has 1 saturated heterocycles. The summed E-state index contributed by atoms with van der Waals surface area (Å²) in [5, 5.41) is 1.28. The van der Waals surface area contributed by atoms with Gasteiger partial charge in [0.05, 0.1) is 21.7 Å². The molecule has 30 heavy (non-hydrogen) atoms. The number of benzene rings is 2. The number of nitrogens with zero attached hydrogens (tertiary/aromatic N) is 3. The fourth-order valence-corrected chi connectivity index (χ4v) is 5.67. The molecule has 0 aliphatic carbocycles. The number of thioether (sulfide) groups is 1. The van der Waals surface area contributed by atoms with E-state index in [0.717, 1.165) is 16.6 Å². The van der Waals surface area contributed by atoms with Gasteiger partial charge in [0.2, 0.25) is 15.9 Å². The number of aryl methyl sites for hydroxylation is 1. The summed E-state index contributed by atoms with van der Waals surface area (Å²) in [4.78, 5) is 22.2. The molecule has 0 radical (unpaired) electrons. The Hall–Kier alpha value is -2.07. The van der Waals surface area contributed by atoms with Crippen molar-refractivity contribution in [3.63, 3.8) is 0 Å². The number of H-pyrrole nitrogens is 1. The minimum absolute atomic E-state index is 0.0362. The number of fused-ring (bicyclic) bond motifs is 1. The van der Waals surface area contributed by atoms with E-state index in [-0.39, 0.29) is 29.6 Å². The monoisotopic (exact) mass is 464 g/mol. The van der Waals surface area contributed by atoms with Crippen LogP contribution >= 0.6 is 23.4 Å². The van der Waals surface area contributed by atoms with E-state index in [2.05, 4.69) is 9.97 Å². The summed E-state index contributed by atoms with van der Waals surface area (Å²) in [6.07, 6.45) is 0. The Morgan fingerprint density at radius 3 is 2.53 bits per heavy atom. The molecule has 1 aromatic heterocycles. The highest BCUT2D eigenvalue weighted by Crippen LogP contribution is 2.23. The Balaban J connectivity index is 1.33. The number of hydrogen-bond donors (Lipinski definition) is 1. The molecule has 0 unspecified atom stereocenters. The number of carbonyl (C=O) groups excluding carboxylic acids is 1. The first kappa shape index (κ1) is 21.2. The number of rotatable bonds is 5. The maximum Gasteiger partial charge on any atom is 0.243 e. The van der Waals surface area contributed by atoms with Crippen LogP contribution < -0.4 is 0 Å². The average Bonchev–Trinajstić information content (AvgIpc) is 3.14. The first-order valence-electron chi connectivity index (χ1n) is 9.45. The Morgan fingerprint density at radius 2 is 1.83 bits per heavy atom. The topological polar surface area (TPSA) is 86.4 Å². The van der Waals surface area contributed by atoms with E-state index in [4.69, 9.17) is 11.6 Å². The highest BCUT2D eigenvalue weighted by molar-refractivity contribution is 7.99. The van der Waals surface area contributed by atoms with E-state index in [1.54, 1.807) is 41.3 Å². The average molecular weight is 465 g/mol. The van der Waals surface area contributed by atoms with Gasteiger partial charge in [-0.2, -0.15) is 4.31 Å². The van der Waals surface area contributed by atoms with Crippen LogP contribution in [0.15, 0.2) is 52.5 Å². The van der Waals surface area contributed by atoms with Crippen molar-refractivity contribution in [1.82, 2.24) is 19.2 Å². The Morgan fingerprint density at radius 1 is 1.13 bits per heavy atom. The lowest BCUT2D eigenvalue weighted by atomic mass is 10.2. The van der Waals surface area contributed by atoms with Crippen LogP contribution in [0.3, 0.4) is 0 Å². The zero-order valence-corrected chi connectivity index (χ0v) is 18.7. The second-order valence-corrected chi connectivity index (χ2v) is 10.4. The van der Waals surface area contributed by atoms with Crippen LogP contribution in [0.5, 0.6) is 0 Å². The number of halogens is 1. The van der Waals surface area contributed by atoms with Crippen LogP contribution in [0.1, 0.15) is 5.56 Å². The van der Waals surface area contributed by atoms with E-state index in [1.807, 2.05) is 13.0 Å². The fraction of sp³-hybridized carbons (Fsp3) is 0.300. The minimum atomic E-state index is -3.54. The van der Waals surface area contributed by atoms with Crippen molar-refractivity contribution in [2.24, 2.45) is 0 Å². The van der Waals surface area contributed by atoms with E-state index in [1.165, 1.54) is 16.1 Å².